The quantitative estimate of drug-likeness (QED) is 0.540. The van der Waals surface area contributed by atoms with Gasteiger partial charge in [0.25, 0.3) is 0 Å². The van der Waals surface area contributed by atoms with Gasteiger partial charge in [-0.05, 0) is 17.7 Å². The molecule has 1 aliphatic rings. The minimum Gasteiger partial charge on any atom is -0.264 e. The van der Waals surface area contributed by atoms with Crippen LogP contribution in [0.4, 0.5) is 8.78 Å². The molecule has 1 aromatic carbocycles. The van der Waals surface area contributed by atoms with Gasteiger partial charge in [-0.25, -0.2) is 8.78 Å². The largest absolute Gasteiger partial charge is 0.264 e. The maximum Gasteiger partial charge on any atom is 0.221 e. The van der Waals surface area contributed by atoms with Crippen molar-refractivity contribution >= 4 is 0 Å². The van der Waals surface area contributed by atoms with E-state index in [1.54, 1.807) is 0 Å². The van der Waals surface area contributed by atoms with Crippen molar-refractivity contribution in [2.24, 2.45) is 0 Å². The molecule has 2 rings (SSSR count). The van der Waals surface area contributed by atoms with Crippen LogP contribution in [0.5, 0.6) is 0 Å². The first-order chi connectivity index (χ1) is 6.59. The maximum absolute atomic E-state index is 12.8. The molecule has 1 aliphatic carbocycles. The molecule has 0 unspecified atom stereocenters. The Balaban J connectivity index is 2.20. The van der Waals surface area contributed by atoms with Crippen molar-refractivity contribution in [1.29, 1.82) is 0 Å². The van der Waals surface area contributed by atoms with E-state index in [1.165, 1.54) is 6.07 Å². The molecule has 1 fully saturated rings. The van der Waals surface area contributed by atoms with Crippen molar-refractivity contribution in [2.75, 3.05) is 0 Å². The highest BCUT2D eigenvalue weighted by molar-refractivity contribution is 5.27. The average molecular weight is 199 g/mol. The Labute approximate surface area is 78.5 Å². The number of benzene rings is 1. The smallest absolute Gasteiger partial charge is 0.221 e. The van der Waals surface area contributed by atoms with Gasteiger partial charge in [0.15, 0.2) is 11.6 Å². The van der Waals surface area contributed by atoms with Gasteiger partial charge >= 0.3 is 0 Å². The van der Waals surface area contributed by atoms with Gasteiger partial charge in [-0.1, -0.05) is 6.07 Å². The Kier molecular flexibility index (Phi) is 1.94. The summed E-state index contributed by atoms with van der Waals surface area (Å²) in [4.78, 5) is 9.95. The number of rotatable bonds is 2. The highest BCUT2D eigenvalue weighted by Gasteiger charge is 2.49. The van der Waals surface area contributed by atoms with E-state index in [0.29, 0.717) is 12.0 Å². The normalized spacial score (nSPS) is 24.7. The van der Waals surface area contributed by atoms with E-state index in [2.05, 4.69) is 0 Å². The van der Waals surface area contributed by atoms with E-state index in [1.807, 2.05) is 0 Å². The van der Waals surface area contributed by atoms with E-state index in [0.717, 1.165) is 12.1 Å². The number of nitrogens with zero attached hydrogens (tertiary/aromatic N) is 1. The number of hydrogen-bond donors (Lipinski definition) is 0. The van der Waals surface area contributed by atoms with Gasteiger partial charge in [-0.3, -0.25) is 10.1 Å². The van der Waals surface area contributed by atoms with Crippen LogP contribution in [0.25, 0.3) is 0 Å². The summed E-state index contributed by atoms with van der Waals surface area (Å²) in [6, 6.07) is 2.80. The monoisotopic (exact) mass is 199 g/mol. The topological polar surface area (TPSA) is 43.1 Å². The van der Waals surface area contributed by atoms with Gasteiger partial charge in [-0.2, -0.15) is 0 Å². The van der Waals surface area contributed by atoms with Crippen LogP contribution in [-0.2, 0) is 0 Å². The lowest BCUT2D eigenvalue weighted by atomic mass is 10.1. The van der Waals surface area contributed by atoms with Crippen LogP contribution in [0.2, 0.25) is 0 Å². The lowest BCUT2D eigenvalue weighted by Gasteiger charge is -1.97. The zero-order chi connectivity index (χ0) is 10.3. The molecule has 74 valence electrons. The molecule has 5 heteroatoms. The Morgan fingerprint density at radius 3 is 2.57 bits per heavy atom. The van der Waals surface area contributed by atoms with Crippen LogP contribution in [-0.4, -0.2) is 11.0 Å². The second kappa shape index (κ2) is 3.01. The fraction of sp³-hybridized carbons (Fsp3) is 0.333. The van der Waals surface area contributed by atoms with Crippen LogP contribution in [0.15, 0.2) is 18.2 Å². The Morgan fingerprint density at radius 1 is 1.36 bits per heavy atom. The SMILES string of the molecule is O=[N+]([O-])[C@H]1C[C@@H]1c1ccc(F)c(F)c1. The van der Waals surface area contributed by atoms with Gasteiger partial charge < -0.3 is 0 Å². The molecular formula is C9H7F2NO2. The molecule has 0 N–H and O–H groups in total. The summed E-state index contributed by atoms with van der Waals surface area (Å²) in [5, 5.41) is 10.3. The van der Waals surface area contributed by atoms with Crippen LogP contribution in [0, 0.1) is 21.7 Å². The number of halogens is 2. The van der Waals surface area contributed by atoms with Crippen molar-refractivity contribution in [1.82, 2.24) is 0 Å². The Morgan fingerprint density at radius 2 is 2.07 bits per heavy atom. The highest BCUT2D eigenvalue weighted by Crippen LogP contribution is 2.42. The molecular weight excluding hydrogens is 192 g/mol. The van der Waals surface area contributed by atoms with E-state index < -0.39 is 17.7 Å². The van der Waals surface area contributed by atoms with Crippen molar-refractivity contribution in [3.63, 3.8) is 0 Å². The van der Waals surface area contributed by atoms with E-state index in [9.17, 15) is 18.9 Å². The summed E-state index contributed by atoms with van der Waals surface area (Å²) in [5.74, 6) is -2.12. The highest BCUT2D eigenvalue weighted by atomic mass is 19.2. The number of hydrogen-bond acceptors (Lipinski definition) is 2. The lowest BCUT2D eigenvalue weighted by Crippen LogP contribution is -2.03. The third-order valence-corrected chi connectivity index (χ3v) is 2.40. The molecule has 14 heavy (non-hydrogen) atoms. The Hall–Kier alpha value is -1.52. The lowest BCUT2D eigenvalue weighted by molar-refractivity contribution is -0.496. The van der Waals surface area contributed by atoms with Gasteiger partial charge in [0.1, 0.15) is 0 Å². The average Bonchev–Trinajstić information content (AvgIpc) is 2.89. The summed E-state index contributed by atoms with van der Waals surface area (Å²) in [7, 11) is 0. The minimum atomic E-state index is -0.948. The fourth-order valence-electron chi connectivity index (χ4n) is 1.52. The molecule has 1 aromatic rings. The molecule has 0 amide bonds. The summed E-state index contributed by atoms with van der Waals surface area (Å²) >= 11 is 0. The minimum absolute atomic E-state index is 0.250. The molecule has 0 aromatic heterocycles. The molecule has 0 saturated heterocycles. The van der Waals surface area contributed by atoms with Gasteiger partial charge in [0, 0.05) is 11.3 Å². The molecule has 1 saturated carbocycles. The van der Waals surface area contributed by atoms with Crippen LogP contribution in [0.1, 0.15) is 17.9 Å². The Bertz CT molecular complexity index is 394. The molecule has 3 nitrogen and oxygen atoms in total. The third kappa shape index (κ3) is 1.45. The molecule has 0 aliphatic heterocycles. The van der Waals surface area contributed by atoms with Crippen molar-refractivity contribution in [3.8, 4) is 0 Å². The maximum atomic E-state index is 12.8. The second-order valence-corrected chi connectivity index (χ2v) is 3.37. The van der Waals surface area contributed by atoms with Gasteiger partial charge in [-0.15, -0.1) is 0 Å². The molecule has 0 heterocycles. The van der Waals surface area contributed by atoms with E-state index in [4.69, 9.17) is 0 Å². The third-order valence-electron chi connectivity index (χ3n) is 2.40. The first kappa shape index (κ1) is 9.05. The van der Waals surface area contributed by atoms with Gasteiger partial charge in [0.05, 0.1) is 5.92 Å². The van der Waals surface area contributed by atoms with E-state index in [-0.39, 0.29) is 10.8 Å². The van der Waals surface area contributed by atoms with Crippen LogP contribution >= 0.6 is 0 Å². The summed E-state index contributed by atoms with van der Waals surface area (Å²) in [6.45, 7) is 0. The van der Waals surface area contributed by atoms with Crippen molar-refractivity contribution in [3.05, 3.63) is 45.5 Å². The summed E-state index contributed by atoms with van der Waals surface area (Å²) in [5.41, 5.74) is 0.505. The molecule has 0 bridgehead atoms. The zero-order valence-corrected chi connectivity index (χ0v) is 7.11. The summed E-state index contributed by atoms with van der Waals surface area (Å²) in [6.07, 6.45) is 0.415. The molecule has 2 atom stereocenters. The molecule has 0 spiro atoms. The molecule has 0 radical (unpaired) electrons. The van der Waals surface area contributed by atoms with E-state index >= 15 is 0 Å². The van der Waals surface area contributed by atoms with Crippen LogP contribution in [0.3, 0.4) is 0 Å². The van der Waals surface area contributed by atoms with Crippen molar-refractivity contribution in [2.45, 2.75) is 18.4 Å². The predicted octanol–water partition coefficient (Wildman–Crippen LogP) is 2.10. The standard InChI is InChI=1S/C9H7F2NO2/c10-7-2-1-5(3-8(7)11)6-4-9(6)12(13)14/h1-3,6,9H,4H2/t6-,9+/m1/s1. The van der Waals surface area contributed by atoms with Crippen LogP contribution < -0.4 is 0 Å². The fourth-order valence-corrected chi connectivity index (χ4v) is 1.52. The second-order valence-electron chi connectivity index (χ2n) is 3.37. The predicted molar refractivity (Wildman–Crippen MR) is 44.5 cm³/mol. The number of nitro groups is 1. The van der Waals surface area contributed by atoms with Crippen molar-refractivity contribution < 1.29 is 13.7 Å². The first-order valence-electron chi connectivity index (χ1n) is 4.18. The van der Waals surface area contributed by atoms with Gasteiger partial charge in [0.2, 0.25) is 6.04 Å². The first-order valence-corrected chi connectivity index (χ1v) is 4.18. The zero-order valence-electron chi connectivity index (χ0n) is 7.11. The summed E-state index contributed by atoms with van der Waals surface area (Å²) < 4.78 is 25.3.